The maximum atomic E-state index is 11.9. The summed E-state index contributed by atoms with van der Waals surface area (Å²) in [6.45, 7) is 0.297. The van der Waals surface area contributed by atoms with Crippen molar-refractivity contribution in [1.29, 1.82) is 0 Å². The van der Waals surface area contributed by atoms with Crippen LogP contribution in [0.2, 0.25) is 0 Å². The van der Waals surface area contributed by atoms with Crippen molar-refractivity contribution in [3.63, 3.8) is 0 Å². The largest absolute Gasteiger partial charge is 0.399 e. The number of non-ortho nitro benzene ring substituents is 1. The molecule has 2 aromatic rings. The van der Waals surface area contributed by atoms with Gasteiger partial charge in [0.15, 0.2) is 0 Å². The van der Waals surface area contributed by atoms with E-state index < -0.39 is 4.92 Å². The number of carbonyl (C=O) groups excluding carboxylic acids is 1. The van der Waals surface area contributed by atoms with E-state index in [1.807, 2.05) is 0 Å². The van der Waals surface area contributed by atoms with Crippen LogP contribution in [0.3, 0.4) is 0 Å². The van der Waals surface area contributed by atoms with Gasteiger partial charge in [0.2, 0.25) is 0 Å². The van der Waals surface area contributed by atoms with Crippen molar-refractivity contribution in [3.8, 4) is 0 Å². The standard InChI is InChI=1S/C14H13N3O3/c15-12-3-1-2-11(8-12)14(18)16-9-10-4-6-13(7-5-10)17(19)20/h1-8H,9,15H2,(H,16,18). The molecule has 0 aliphatic heterocycles. The lowest BCUT2D eigenvalue weighted by Crippen LogP contribution is -2.22. The van der Waals surface area contributed by atoms with Gasteiger partial charge >= 0.3 is 0 Å². The monoisotopic (exact) mass is 271 g/mol. The SMILES string of the molecule is Nc1cccc(C(=O)NCc2ccc([N+](=O)[O-])cc2)c1. The van der Waals surface area contributed by atoms with Crippen molar-refractivity contribution >= 4 is 17.3 Å². The molecule has 0 bridgehead atoms. The summed E-state index contributed by atoms with van der Waals surface area (Å²) in [5, 5.41) is 13.2. The van der Waals surface area contributed by atoms with E-state index in [1.165, 1.54) is 12.1 Å². The summed E-state index contributed by atoms with van der Waals surface area (Å²) in [6, 6.07) is 12.7. The zero-order chi connectivity index (χ0) is 14.5. The Morgan fingerprint density at radius 3 is 2.50 bits per heavy atom. The second-order valence-electron chi connectivity index (χ2n) is 4.23. The minimum atomic E-state index is -0.463. The number of rotatable bonds is 4. The predicted octanol–water partition coefficient (Wildman–Crippen LogP) is 2.11. The molecule has 0 radical (unpaired) electrons. The van der Waals surface area contributed by atoms with Crippen molar-refractivity contribution in [2.24, 2.45) is 0 Å². The molecule has 0 spiro atoms. The van der Waals surface area contributed by atoms with Crippen molar-refractivity contribution in [2.45, 2.75) is 6.54 Å². The second kappa shape index (κ2) is 5.83. The number of anilines is 1. The quantitative estimate of drug-likeness (QED) is 0.505. The van der Waals surface area contributed by atoms with E-state index in [4.69, 9.17) is 5.73 Å². The number of carbonyl (C=O) groups is 1. The molecule has 20 heavy (non-hydrogen) atoms. The van der Waals surface area contributed by atoms with E-state index in [0.717, 1.165) is 5.56 Å². The topological polar surface area (TPSA) is 98.3 Å². The molecule has 0 atom stereocenters. The van der Waals surface area contributed by atoms with Gasteiger partial charge in [-0.1, -0.05) is 18.2 Å². The number of nitrogens with zero attached hydrogens (tertiary/aromatic N) is 1. The molecule has 0 saturated carbocycles. The molecule has 6 nitrogen and oxygen atoms in total. The number of nitro benzene ring substituents is 1. The van der Waals surface area contributed by atoms with Gasteiger partial charge < -0.3 is 11.1 Å². The van der Waals surface area contributed by atoms with Gasteiger partial charge in [-0.05, 0) is 23.8 Å². The average molecular weight is 271 g/mol. The highest BCUT2D eigenvalue weighted by Gasteiger charge is 2.07. The van der Waals surface area contributed by atoms with Gasteiger partial charge in [-0.3, -0.25) is 14.9 Å². The number of hydrogen-bond donors (Lipinski definition) is 2. The number of hydrogen-bond acceptors (Lipinski definition) is 4. The highest BCUT2D eigenvalue weighted by atomic mass is 16.6. The van der Waals surface area contributed by atoms with Crippen LogP contribution in [-0.4, -0.2) is 10.8 Å². The third-order valence-corrected chi connectivity index (χ3v) is 2.75. The zero-order valence-electron chi connectivity index (χ0n) is 10.6. The van der Waals surface area contributed by atoms with Crippen molar-refractivity contribution in [2.75, 3.05) is 5.73 Å². The number of nitro groups is 1. The molecule has 3 N–H and O–H groups in total. The fourth-order valence-electron chi connectivity index (χ4n) is 1.70. The average Bonchev–Trinajstić information content (AvgIpc) is 2.45. The van der Waals surface area contributed by atoms with E-state index in [0.29, 0.717) is 17.8 Å². The number of nitrogens with one attached hydrogen (secondary N) is 1. The molecule has 0 aliphatic rings. The van der Waals surface area contributed by atoms with Crippen LogP contribution in [0.1, 0.15) is 15.9 Å². The Kier molecular flexibility index (Phi) is 3.95. The van der Waals surface area contributed by atoms with Gasteiger partial charge in [0, 0.05) is 29.9 Å². The van der Waals surface area contributed by atoms with Gasteiger partial charge in [0.25, 0.3) is 11.6 Å². The van der Waals surface area contributed by atoms with Crippen LogP contribution in [-0.2, 0) is 6.54 Å². The Balaban J connectivity index is 1.98. The first-order valence-corrected chi connectivity index (χ1v) is 5.93. The highest BCUT2D eigenvalue weighted by Crippen LogP contribution is 2.12. The number of nitrogens with two attached hydrogens (primary N) is 1. The lowest BCUT2D eigenvalue weighted by molar-refractivity contribution is -0.384. The first-order valence-electron chi connectivity index (χ1n) is 5.93. The summed E-state index contributed by atoms with van der Waals surface area (Å²) < 4.78 is 0. The minimum absolute atomic E-state index is 0.0240. The predicted molar refractivity (Wildman–Crippen MR) is 75.1 cm³/mol. The molecular formula is C14H13N3O3. The lowest BCUT2D eigenvalue weighted by Gasteiger charge is -2.06. The summed E-state index contributed by atoms with van der Waals surface area (Å²) in [6.07, 6.45) is 0. The highest BCUT2D eigenvalue weighted by molar-refractivity contribution is 5.94. The van der Waals surface area contributed by atoms with Crippen LogP contribution in [0.4, 0.5) is 11.4 Å². The third-order valence-electron chi connectivity index (χ3n) is 2.75. The summed E-state index contributed by atoms with van der Waals surface area (Å²) in [7, 11) is 0. The Labute approximate surface area is 115 Å². The van der Waals surface area contributed by atoms with Gasteiger partial charge in [0.05, 0.1) is 4.92 Å². The van der Waals surface area contributed by atoms with E-state index in [2.05, 4.69) is 5.32 Å². The molecule has 0 aliphatic carbocycles. The zero-order valence-corrected chi connectivity index (χ0v) is 10.6. The molecule has 0 fully saturated rings. The Morgan fingerprint density at radius 1 is 1.20 bits per heavy atom. The molecule has 0 saturated heterocycles. The van der Waals surface area contributed by atoms with Gasteiger partial charge in [-0.2, -0.15) is 0 Å². The van der Waals surface area contributed by atoms with E-state index >= 15 is 0 Å². The van der Waals surface area contributed by atoms with Gasteiger partial charge in [0.1, 0.15) is 0 Å². The molecular weight excluding hydrogens is 258 g/mol. The Hall–Kier alpha value is -2.89. The van der Waals surface area contributed by atoms with Crippen LogP contribution < -0.4 is 11.1 Å². The Bertz CT molecular complexity index is 638. The number of benzene rings is 2. The molecule has 2 aromatic carbocycles. The van der Waals surface area contributed by atoms with E-state index in [1.54, 1.807) is 36.4 Å². The smallest absolute Gasteiger partial charge is 0.269 e. The van der Waals surface area contributed by atoms with Crippen LogP contribution in [0, 0.1) is 10.1 Å². The molecule has 0 aromatic heterocycles. The lowest BCUT2D eigenvalue weighted by atomic mass is 10.1. The van der Waals surface area contributed by atoms with Crippen LogP contribution in [0.5, 0.6) is 0 Å². The molecule has 0 heterocycles. The van der Waals surface area contributed by atoms with Crippen LogP contribution >= 0.6 is 0 Å². The molecule has 6 heteroatoms. The van der Waals surface area contributed by atoms with Crippen molar-refractivity contribution < 1.29 is 9.72 Å². The first-order chi connectivity index (χ1) is 9.56. The van der Waals surface area contributed by atoms with Crippen molar-refractivity contribution in [1.82, 2.24) is 5.32 Å². The minimum Gasteiger partial charge on any atom is -0.399 e. The van der Waals surface area contributed by atoms with Gasteiger partial charge in [-0.25, -0.2) is 0 Å². The van der Waals surface area contributed by atoms with Crippen LogP contribution in [0.25, 0.3) is 0 Å². The maximum absolute atomic E-state index is 11.9. The summed E-state index contributed by atoms with van der Waals surface area (Å²) in [5.74, 6) is -0.240. The summed E-state index contributed by atoms with van der Waals surface area (Å²) >= 11 is 0. The first kappa shape index (κ1) is 13.5. The summed E-state index contributed by atoms with van der Waals surface area (Å²) in [5.41, 5.74) is 7.41. The summed E-state index contributed by atoms with van der Waals surface area (Å²) in [4.78, 5) is 21.9. The molecule has 0 unspecified atom stereocenters. The molecule has 2 rings (SSSR count). The Morgan fingerprint density at radius 2 is 1.90 bits per heavy atom. The van der Waals surface area contributed by atoms with E-state index in [9.17, 15) is 14.9 Å². The third kappa shape index (κ3) is 3.32. The maximum Gasteiger partial charge on any atom is 0.269 e. The van der Waals surface area contributed by atoms with Crippen molar-refractivity contribution in [3.05, 3.63) is 69.8 Å². The van der Waals surface area contributed by atoms with Gasteiger partial charge in [-0.15, -0.1) is 0 Å². The molecule has 1 amide bonds. The van der Waals surface area contributed by atoms with E-state index in [-0.39, 0.29) is 11.6 Å². The normalized spacial score (nSPS) is 10.0. The fourth-order valence-corrected chi connectivity index (χ4v) is 1.70. The number of amides is 1. The number of nitrogen functional groups attached to an aromatic ring is 1. The molecule has 102 valence electrons. The fraction of sp³-hybridized carbons (Fsp3) is 0.0714. The second-order valence-corrected chi connectivity index (χ2v) is 4.23. The van der Waals surface area contributed by atoms with Crippen LogP contribution in [0.15, 0.2) is 48.5 Å².